The maximum atomic E-state index is 8.63. The Labute approximate surface area is 115 Å². The third kappa shape index (κ3) is 11.8. The van der Waals surface area contributed by atoms with Crippen LogP contribution in [0.15, 0.2) is 85.5 Å². The number of para-hydroxylation sites is 2. The van der Waals surface area contributed by atoms with Crippen LogP contribution in [0.4, 0.5) is 0 Å². The number of rotatable bonds is 1. The summed E-state index contributed by atoms with van der Waals surface area (Å²) in [5, 5.41) is 17.3. The fourth-order valence-corrected chi connectivity index (χ4v) is 0.992. The molecule has 0 aromatic heterocycles. The van der Waals surface area contributed by atoms with Crippen molar-refractivity contribution in [3.63, 3.8) is 0 Å². The molecule has 0 atom stereocenters. The number of phenolic OH excluding ortho intramolecular Hbond substituents is 2. The van der Waals surface area contributed by atoms with Crippen molar-refractivity contribution in [3.8, 4) is 11.5 Å². The van der Waals surface area contributed by atoms with E-state index in [9.17, 15) is 0 Å². The van der Waals surface area contributed by atoms with E-state index in [1.807, 2.05) is 31.2 Å². The van der Waals surface area contributed by atoms with Gasteiger partial charge in [0.05, 0.1) is 0 Å². The van der Waals surface area contributed by atoms with E-state index in [2.05, 4.69) is 6.58 Å². The predicted molar refractivity (Wildman–Crippen MR) is 81.2 cm³/mol. The standard InChI is InChI=1S/2C6H6O.C5H8/c2*7-6-4-2-1-3-5-6;1-3-5-4-2/h2*1-5,7H;3-5H,1H2,2H3. The van der Waals surface area contributed by atoms with Gasteiger partial charge in [-0.05, 0) is 31.2 Å². The smallest absolute Gasteiger partial charge is 0.115 e. The molecule has 0 unspecified atom stereocenters. The normalized spacial score (nSPS) is 8.68. The molecular formula is C17H20O2. The monoisotopic (exact) mass is 256 g/mol. The first-order valence-corrected chi connectivity index (χ1v) is 5.92. The van der Waals surface area contributed by atoms with E-state index in [1.165, 1.54) is 0 Å². The van der Waals surface area contributed by atoms with E-state index in [0.29, 0.717) is 11.5 Å². The zero-order chi connectivity index (χ0) is 14.3. The van der Waals surface area contributed by atoms with Gasteiger partial charge < -0.3 is 10.2 Å². The highest BCUT2D eigenvalue weighted by atomic mass is 16.3. The molecule has 19 heavy (non-hydrogen) atoms. The number of hydrogen-bond donors (Lipinski definition) is 2. The molecule has 0 saturated carbocycles. The largest absolute Gasteiger partial charge is 0.508 e. The third-order valence-electron chi connectivity index (χ3n) is 1.84. The summed E-state index contributed by atoms with van der Waals surface area (Å²) >= 11 is 0. The van der Waals surface area contributed by atoms with E-state index < -0.39 is 0 Å². The summed E-state index contributed by atoms with van der Waals surface area (Å²) in [4.78, 5) is 0. The van der Waals surface area contributed by atoms with Gasteiger partial charge in [0.25, 0.3) is 0 Å². The van der Waals surface area contributed by atoms with E-state index in [1.54, 1.807) is 54.6 Å². The molecule has 0 saturated heterocycles. The van der Waals surface area contributed by atoms with Crippen LogP contribution in [0.25, 0.3) is 0 Å². The van der Waals surface area contributed by atoms with Gasteiger partial charge in [-0.15, -0.1) is 0 Å². The Morgan fingerprint density at radius 1 is 0.789 bits per heavy atom. The summed E-state index contributed by atoms with van der Waals surface area (Å²) in [5.41, 5.74) is 0. The molecule has 0 fully saturated rings. The minimum atomic E-state index is 0.322. The van der Waals surface area contributed by atoms with Gasteiger partial charge in [0.2, 0.25) is 0 Å². The molecule has 2 aromatic carbocycles. The van der Waals surface area contributed by atoms with Crippen LogP contribution in [0.5, 0.6) is 11.5 Å². The van der Waals surface area contributed by atoms with Crippen molar-refractivity contribution in [3.05, 3.63) is 85.5 Å². The second-order valence-electron chi connectivity index (χ2n) is 3.43. The van der Waals surface area contributed by atoms with Crippen LogP contribution in [0.1, 0.15) is 6.92 Å². The molecular weight excluding hydrogens is 236 g/mol. The van der Waals surface area contributed by atoms with Crippen LogP contribution in [0.2, 0.25) is 0 Å². The average molecular weight is 256 g/mol. The maximum absolute atomic E-state index is 8.63. The third-order valence-corrected chi connectivity index (χ3v) is 1.84. The minimum Gasteiger partial charge on any atom is -0.508 e. The first-order valence-electron chi connectivity index (χ1n) is 5.92. The first-order chi connectivity index (χ1) is 9.20. The van der Waals surface area contributed by atoms with Crippen molar-refractivity contribution < 1.29 is 10.2 Å². The van der Waals surface area contributed by atoms with Crippen molar-refractivity contribution in [2.45, 2.75) is 6.92 Å². The van der Waals surface area contributed by atoms with E-state index >= 15 is 0 Å². The molecule has 2 heteroatoms. The molecule has 0 radical (unpaired) electrons. The highest BCUT2D eigenvalue weighted by Crippen LogP contribution is 2.03. The van der Waals surface area contributed by atoms with Gasteiger partial charge in [-0.1, -0.05) is 61.2 Å². The fourth-order valence-electron chi connectivity index (χ4n) is 0.992. The zero-order valence-corrected chi connectivity index (χ0v) is 11.1. The number of allylic oxidation sites excluding steroid dienone is 3. The summed E-state index contributed by atoms with van der Waals surface area (Å²) in [7, 11) is 0. The minimum absolute atomic E-state index is 0.322. The Kier molecular flexibility index (Phi) is 10.4. The molecule has 2 rings (SSSR count). The summed E-state index contributed by atoms with van der Waals surface area (Å²) in [6, 6.07) is 17.4. The van der Waals surface area contributed by atoms with Crippen LogP contribution in [-0.2, 0) is 0 Å². The second-order valence-corrected chi connectivity index (χ2v) is 3.43. The summed E-state index contributed by atoms with van der Waals surface area (Å²) in [6.07, 6.45) is 5.58. The number of phenols is 2. The molecule has 2 N–H and O–H groups in total. The van der Waals surface area contributed by atoms with Crippen LogP contribution < -0.4 is 0 Å². The number of aromatic hydroxyl groups is 2. The molecule has 2 nitrogen and oxygen atoms in total. The van der Waals surface area contributed by atoms with Gasteiger partial charge in [0.15, 0.2) is 0 Å². The number of benzene rings is 2. The maximum Gasteiger partial charge on any atom is 0.115 e. The molecule has 0 aliphatic rings. The van der Waals surface area contributed by atoms with Crippen molar-refractivity contribution in [1.29, 1.82) is 0 Å². The van der Waals surface area contributed by atoms with E-state index in [-0.39, 0.29) is 0 Å². The van der Waals surface area contributed by atoms with E-state index in [0.717, 1.165) is 0 Å². The Balaban J connectivity index is 0.000000261. The van der Waals surface area contributed by atoms with Crippen molar-refractivity contribution >= 4 is 0 Å². The lowest BCUT2D eigenvalue weighted by molar-refractivity contribution is 0.475. The van der Waals surface area contributed by atoms with Gasteiger partial charge in [-0.3, -0.25) is 0 Å². The molecule has 0 heterocycles. The lowest BCUT2D eigenvalue weighted by Crippen LogP contribution is -1.56. The molecule has 0 spiro atoms. The topological polar surface area (TPSA) is 40.5 Å². The van der Waals surface area contributed by atoms with E-state index in [4.69, 9.17) is 10.2 Å². The van der Waals surface area contributed by atoms with Gasteiger partial charge in [0.1, 0.15) is 11.5 Å². The molecule has 0 aliphatic carbocycles. The molecule has 0 amide bonds. The summed E-state index contributed by atoms with van der Waals surface area (Å²) < 4.78 is 0. The van der Waals surface area contributed by atoms with Crippen molar-refractivity contribution in [1.82, 2.24) is 0 Å². The quantitative estimate of drug-likeness (QED) is 0.736. The van der Waals surface area contributed by atoms with Crippen molar-refractivity contribution in [2.24, 2.45) is 0 Å². The molecule has 0 bridgehead atoms. The fraction of sp³-hybridized carbons (Fsp3) is 0.0588. The predicted octanol–water partition coefficient (Wildman–Crippen LogP) is 4.53. The number of hydrogen-bond acceptors (Lipinski definition) is 2. The lowest BCUT2D eigenvalue weighted by Gasteiger charge is -1.82. The highest BCUT2D eigenvalue weighted by molar-refractivity contribution is 5.19. The Bertz CT molecular complexity index is 410. The van der Waals surface area contributed by atoms with Crippen molar-refractivity contribution in [2.75, 3.05) is 0 Å². The van der Waals surface area contributed by atoms with Gasteiger partial charge >= 0.3 is 0 Å². The van der Waals surface area contributed by atoms with Gasteiger partial charge in [0, 0.05) is 0 Å². The molecule has 2 aromatic rings. The Hall–Kier alpha value is -2.48. The zero-order valence-electron chi connectivity index (χ0n) is 11.1. The lowest BCUT2D eigenvalue weighted by atomic mass is 10.3. The van der Waals surface area contributed by atoms with Crippen LogP contribution in [0, 0.1) is 0 Å². The summed E-state index contributed by atoms with van der Waals surface area (Å²) in [6.45, 7) is 5.42. The Morgan fingerprint density at radius 2 is 1.16 bits per heavy atom. The van der Waals surface area contributed by atoms with Crippen LogP contribution in [0.3, 0.4) is 0 Å². The molecule has 0 aliphatic heterocycles. The SMILES string of the molecule is C=CC=CC.Oc1ccccc1.Oc1ccccc1. The Morgan fingerprint density at radius 3 is 1.26 bits per heavy atom. The van der Waals surface area contributed by atoms with Gasteiger partial charge in [-0.25, -0.2) is 0 Å². The summed E-state index contributed by atoms with van der Waals surface area (Å²) in [5.74, 6) is 0.644. The van der Waals surface area contributed by atoms with Crippen LogP contribution in [-0.4, -0.2) is 10.2 Å². The second kappa shape index (κ2) is 12.0. The first kappa shape index (κ1) is 16.5. The highest BCUT2D eigenvalue weighted by Gasteiger charge is 1.75. The van der Waals surface area contributed by atoms with Crippen LogP contribution >= 0.6 is 0 Å². The van der Waals surface area contributed by atoms with Gasteiger partial charge in [-0.2, -0.15) is 0 Å². The molecule has 100 valence electrons. The average Bonchev–Trinajstić information content (AvgIpc) is 2.43.